The minimum absolute atomic E-state index is 0. The van der Waals surface area contributed by atoms with Gasteiger partial charge in [-0.2, -0.15) is 0 Å². The molecular weight excluding hydrogens is 493 g/mol. The van der Waals surface area contributed by atoms with Crippen molar-refractivity contribution < 1.29 is 9.52 Å². The fourth-order valence-corrected chi connectivity index (χ4v) is 3.97. The zero-order valence-corrected chi connectivity index (χ0v) is 22.1. The van der Waals surface area contributed by atoms with Crippen LogP contribution in [-0.4, -0.2) is 79.8 Å². The van der Waals surface area contributed by atoms with Crippen LogP contribution in [0.4, 0.5) is 0 Å². The van der Waals surface area contributed by atoms with Crippen LogP contribution in [0.5, 0.6) is 0 Å². The lowest BCUT2D eigenvalue weighted by atomic mass is 9.96. The fourth-order valence-electron chi connectivity index (χ4n) is 3.97. The zero-order valence-electron chi connectivity index (χ0n) is 19.8. The van der Waals surface area contributed by atoms with Gasteiger partial charge in [-0.05, 0) is 46.7 Å². The summed E-state index contributed by atoms with van der Waals surface area (Å²) in [5, 5.41) is 17.8. The number of nitrogens with one attached hydrogen (secondary N) is 2. The van der Waals surface area contributed by atoms with Crippen molar-refractivity contribution in [3.05, 3.63) is 23.2 Å². The molecule has 1 saturated heterocycles. The monoisotopic (exact) mass is 535 g/mol. The predicted molar refractivity (Wildman–Crippen MR) is 135 cm³/mol. The number of furan rings is 1. The van der Waals surface area contributed by atoms with Crippen LogP contribution in [0.3, 0.4) is 0 Å². The van der Waals surface area contributed by atoms with Gasteiger partial charge in [-0.1, -0.05) is 13.8 Å². The smallest absolute Gasteiger partial charge is 0.191 e. The van der Waals surface area contributed by atoms with E-state index in [1.807, 2.05) is 19.9 Å². The molecule has 8 heteroatoms. The van der Waals surface area contributed by atoms with E-state index in [9.17, 15) is 5.11 Å². The van der Waals surface area contributed by atoms with E-state index in [0.29, 0.717) is 12.0 Å². The Morgan fingerprint density at radius 3 is 2.37 bits per heavy atom. The third-order valence-electron chi connectivity index (χ3n) is 5.77. The van der Waals surface area contributed by atoms with Crippen molar-refractivity contribution in [2.24, 2.45) is 10.9 Å². The number of aliphatic hydroxyl groups is 1. The lowest BCUT2D eigenvalue weighted by Crippen LogP contribution is -2.55. The second kappa shape index (κ2) is 12.3. The number of guanidine groups is 1. The van der Waals surface area contributed by atoms with E-state index in [-0.39, 0.29) is 30.5 Å². The molecule has 2 rings (SSSR count). The Morgan fingerprint density at radius 2 is 1.87 bits per heavy atom. The molecule has 0 saturated carbocycles. The first-order valence-corrected chi connectivity index (χ1v) is 10.9. The number of piperazine rings is 1. The van der Waals surface area contributed by atoms with Gasteiger partial charge in [-0.3, -0.25) is 4.90 Å². The van der Waals surface area contributed by atoms with Crippen molar-refractivity contribution in [3.8, 4) is 0 Å². The van der Waals surface area contributed by atoms with Crippen LogP contribution in [0, 0.1) is 19.8 Å². The summed E-state index contributed by atoms with van der Waals surface area (Å²) in [6.07, 6.45) is 0. The zero-order chi connectivity index (χ0) is 21.6. The Bertz CT molecular complexity index is 666. The second-order valence-electron chi connectivity index (χ2n) is 8.83. The molecule has 7 nitrogen and oxygen atoms in total. The van der Waals surface area contributed by atoms with Gasteiger partial charge in [0.2, 0.25) is 0 Å². The molecule has 0 aliphatic carbocycles. The van der Waals surface area contributed by atoms with Crippen molar-refractivity contribution in [2.75, 3.05) is 52.9 Å². The van der Waals surface area contributed by atoms with Gasteiger partial charge in [0.05, 0.1) is 6.54 Å². The Kier molecular flexibility index (Phi) is 11.1. The number of nitrogens with zero attached hydrogens (tertiary/aromatic N) is 3. The van der Waals surface area contributed by atoms with Crippen molar-refractivity contribution in [2.45, 2.75) is 53.2 Å². The summed E-state index contributed by atoms with van der Waals surface area (Å²) in [6, 6.07) is 2.35. The number of likely N-dealkylation sites (N-methyl/N-ethyl adjacent to an activating group) is 1. The highest BCUT2D eigenvalue weighted by atomic mass is 127. The third-order valence-corrected chi connectivity index (χ3v) is 5.77. The fraction of sp³-hybridized carbons (Fsp3) is 0.773. The highest BCUT2D eigenvalue weighted by Crippen LogP contribution is 2.27. The molecular formula is C22H42IN5O2. The topological polar surface area (TPSA) is 76.3 Å². The summed E-state index contributed by atoms with van der Waals surface area (Å²) in [5.41, 5.74) is -0.272. The van der Waals surface area contributed by atoms with Crippen LogP contribution in [0.15, 0.2) is 15.5 Å². The predicted octanol–water partition coefficient (Wildman–Crippen LogP) is 2.55. The number of hydrogen-bond donors (Lipinski definition) is 3. The number of rotatable bonds is 8. The number of halogens is 1. The lowest BCUT2D eigenvalue weighted by molar-refractivity contribution is 0.0656. The van der Waals surface area contributed by atoms with Crippen LogP contribution in [-0.2, 0) is 5.60 Å². The van der Waals surface area contributed by atoms with E-state index < -0.39 is 5.60 Å². The van der Waals surface area contributed by atoms with Crippen molar-refractivity contribution in [1.82, 2.24) is 20.4 Å². The van der Waals surface area contributed by atoms with Crippen molar-refractivity contribution in [1.29, 1.82) is 0 Å². The summed E-state index contributed by atoms with van der Waals surface area (Å²) >= 11 is 0. The maximum absolute atomic E-state index is 11.0. The van der Waals surface area contributed by atoms with Gasteiger partial charge < -0.3 is 25.1 Å². The Labute approximate surface area is 199 Å². The largest absolute Gasteiger partial charge is 0.466 e. The number of aryl methyl sites for hydroxylation is 2. The van der Waals surface area contributed by atoms with E-state index in [2.05, 4.69) is 53.2 Å². The Balaban J connectivity index is 0.00000450. The van der Waals surface area contributed by atoms with Crippen LogP contribution < -0.4 is 10.6 Å². The van der Waals surface area contributed by atoms with Gasteiger partial charge in [0.25, 0.3) is 0 Å². The maximum Gasteiger partial charge on any atom is 0.191 e. The van der Waals surface area contributed by atoms with E-state index in [0.717, 1.165) is 62.3 Å². The molecule has 1 aliphatic heterocycles. The number of aliphatic imine (C=N–C) groups is 1. The maximum atomic E-state index is 11.0. The average molecular weight is 536 g/mol. The Hall–Kier alpha value is -0.840. The summed E-state index contributed by atoms with van der Waals surface area (Å²) in [5.74, 6) is 2.84. The molecule has 30 heavy (non-hydrogen) atoms. The minimum Gasteiger partial charge on any atom is -0.466 e. The van der Waals surface area contributed by atoms with Crippen LogP contribution in [0.2, 0.25) is 0 Å². The molecule has 0 radical (unpaired) electrons. The SMILES string of the molecule is CCNC(=NCC(C)(O)c1cc(C)oc1C)NCC(C(C)C)N1CCN(C)CC1.I. The first-order chi connectivity index (χ1) is 13.6. The molecule has 174 valence electrons. The summed E-state index contributed by atoms with van der Waals surface area (Å²) < 4.78 is 5.59. The average Bonchev–Trinajstić information content (AvgIpc) is 3.00. The highest BCUT2D eigenvalue weighted by molar-refractivity contribution is 14.0. The van der Waals surface area contributed by atoms with E-state index in [4.69, 9.17) is 4.42 Å². The summed E-state index contributed by atoms with van der Waals surface area (Å²) in [6.45, 7) is 18.5. The molecule has 2 heterocycles. The van der Waals surface area contributed by atoms with Crippen LogP contribution in [0.25, 0.3) is 0 Å². The Morgan fingerprint density at radius 1 is 1.23 bits per heavy atom. The third kappa shape index (κ3) is 7.69. The summed E-state index contributed by atoms with van der Waals surface area (Å²) in [7, 11) is 2.19. The van der Waals surface area contributed by atoms with Gasteiger partial charge >= 0.3 is 0 Å². The summed E-state index contributed by atoms with van der Waals surface area (Å²) in [4.78, 5) is 9.64. The first-order valence-electron chi connectivity index (χ1n) is 10.9. The normalized spacial score (nSPS) is 19.3. The van der Waals surface area contributed by atoms with E-state index in [1.54, 1.807) is 6.92 Å². The molecule has 0 amide bonds. The van der Waals surface area contributed by atoms with Crippen molar-refractivity contribution >= 4 is 29.9 Å². The highest BCUT2D eigenvalue weighted by Gasteiger charge is 2.28. The molecule has 3 N–H and O–H groups in total. The molecule has 0 spiro atoms. The minimum atomic E-state index is -1.07. The first kappa shape index (κ1) is 27.2. The van der Waals surface area contributed by atoms with Crippen LogP contribution in [0.1, 0.15) is 44.8 Å². The molecule has 1 aromatic rings. The molecule has 1 aliphatic rings. The molecule has 2 atom stereocenters. The van der Waals surface area contributed by atoms with E-state index in [1.165, 1.54) is 0 Å². The second-order valence-corrected chi connectivity index (χ2v) is 8.83. The van der Waals surface area contributed by atoms with Crippen molar-refractivity contribution in [3.63, 3.8) is 0 Å². The quantitative estimate of drug-likeness (QED) is 0.270. The standard InChI is InChI=1S/C22H41N5O2.HI/c1-8-23-21(25-15-22(6,28)19-13-17(4)29-18(19)5)24-14-20(16(2)3)27-11-9-26(7)10-12-27;/h13,16,20,28H,8-12,14-15H2,1-7H3,(H2,23,24,25);1H. The van der Waals surface area contributed by atoms with Gasteiger partial charge in [0.1, 0.15) is 17.1 Å². The van der Waals surface area contributed by atoms with Gasteiger partial charge in [0.15, 0.2) is 5.96 Å². The van der Waals surface area contributed by atoms with Gasteiger partial charge in [-0.25, -0.2) is 4.99 Å². The lowest BCUT2D eigenvalue weighted by Gasteiger charge is -2.40. The van der Waals surface area contributed by atoms with Gasteiger partial charge in [0, 0.05) is 50.9 Å². The molecule has 0 aromatic carbocycles. The number of hydrogen-bond acceptors (Lipinski definition) is 5. The molecule has 0 bridgehead atoms. The molecule has 2 unspecified atom stereocenters. The molecule has 1 aromatic heterocycles. The van der Waals surface area contributed by atoms with E-state index >= 15 is 0 Å². The van der Waals surface area contributed by atoms with Crippen LogP contribution >= 0.6 is 24.0 Å². The molecule has 1 fully saturated rings. The van der Waals surface area contributed by atoms with Gasteiger partial charge in [-0.15, -0.1) is 24.0 Å².